The summed E-state index contributed by atoms with van der Waals surface area (Å²) in [6.45, 7) is 5.32. The highest BCUT2D eigenvalue weighted by Gasteiger charge is 2.51. The van der Waals surface area contributed by atoms with Gasteiger partial charge in [0.1, 0.15) is 17.9 Å². The number of ether oxygens (including phenoxy) is 1. The van der Waals surface area contributed by atoms with Gasteiger partial charge >= 0.3 is 0 Å². The van der Waals surface area contributed by atoms with Gasteiger partial charge in [0.25, 0.3) is 5.91 Å². The average molecular weight is 379 g/mol. The van der Waals surface area contributed by atoms with E-state index in [9.17, 15) is 9.59 Å². The third-order valence-electron chi connectivity index (χ3n) is 5.52. The molecule has 4 heterocycles. The number of hydrogen-bond donors (Lipinski definition) is 0. The Bertz CT molecular complexity index is 680. The van der Waals surface area contributed by atoms with Crippen LogP contribution in [0.15, 0.2) is 10.7 Å². The lowest BCUT2D eigenvalue weighted by atomic mass is 9.92. The number of carbonyl (C=O) groups excluding carboxylic acids is 2. The van der Waals surface area contributed by atoms with Crippen LogP contribution in [-0.2, 0) is 16.0 Å². The summed E-state index contributed by atoms with van der Waals surface area (Å²) in [5.41, 5.74) is 0.578. The number of hydrogen-bond acceptors (Lipinski definition) is 6. The first-order chi connectivity index (χ1) is 12.6. The van der Waals surface area contributed by atoms with Crippen molar-refractivity contribution in [3.63, 3.8) is 0 Å². The molecule has 26 heavy (non-hydrogen) atoms. The SMILES string of the molecule is CCc1oncc1C(=O)N1CC2(C[C@@H](OCC(=O)N3CCCC3)CS2)C1. The van der Waals surface area contributed by atoms with E-state index < -0.39 is 0 Å². The summed E-state index contributed by atoms with van der Waals surface area (Å²) in [5, 5.41) is 3.75. The number of amides is 2. The molecule has 3 saturated heterocycles. The van der Waals surface area contributed by atoms with Crippen molar-refractivity contribution < 1.29 is 18.8 Å². The van der Waals surface area contributed by atoms with Gasteiger partial charge < -0.3 is 19.1 Å². The second kappa shape index (κ2) is 7.23. The molecule has 3 aliphatic rings. The maximum Gasteiger partial charge on any atom is 0.259 e. The van der Waals surface area contributed by atoms with Gasteiger partial charge in [-0.1, -0.05) is 12.1 Å². The number of aryl methyl sites for hydroxylation is 1. The monoisotopic (exact) mass is 379 g/mol. The van der Waals surface area contributed by atoms with Crippen molar-refractivity contribution in [1.29, 1.82) is 0 Å². The van der Waals surface area contributed by atoms with Gasteiger partial charge in [-0.3, -0.25) is 9.59 Å². The number of carbonyl (C=O) groups is 2. The lowest BCUT2D eigenvalue weighted by Gasteiger charge is -2.47. The van der Waals surface area contributed by atoms with E-state index >= 15 is 0 Å². The number of rotatable bonds is 5. The van der Waals surface area contributed by atoms with Crippen molar-refractivity contribution >= 4 is 23.6 Å². The molecule has 7 nitrogen and oxygen atoms in total. The van der Waals surface area contributed by atoms with E-state index in [1.54, 1.807) is 0 Å². The molecule has 1 spiro atoms. The zero-order valence-electron chi connectivity index (χ0n) is 15.1. The fourth-order valence-electron chi connectivity index (χ4n) is 4.03. The third kappa shape index (κ3) is 3.36. The van der Waals surface area contributed by atoms with Crippen LogP contribution in [0.3, 0.4) is 0 Å². The molecule has 1 aromatic heterocycles. The Morgan fingerprint density at radius 2 is 2.12 bits per heavy atom. The van der Waals surface area contributed by atoms with Crippen LogP contribution >= 0.6 is 11.8 Å². The van der Waals surface area contributed by atoms with Crippen molar-refractivity contribution in [2.24, 2.45) is 0 Å². The second-order valence-corrected chi connectivity index (χ2v) is 8.88. The molecular formula is C18H25N3O4S. The van der Waals surface area contributed by atoms with Crippen LogP contribution in [0.1, 0.15) is 42.3 Å². The van der Waals surface area contributed by atoms with Gasteiger partial charge in [-0.05, 0) is 19.3 Å². The van der Waals surface area contributed by atoms with E-state index in [1.807, 2.05) is 28.5 Å². The Balaban J connectivity index is 1.25. The van der Waals surface area contributed by atoms with Crippen molar-refractivity contribution in [2.75, 3.05) is 38.5 Å². The van der Waals surface area contributed by atoms with Crippen molar-refractivity contribution in [3.05, 3.63) is 17.5 Å². The highest BCUT2D eigenvalue weighted by molar-refractivity contribution is 8.01. The molecule has 2 amide bonds. The first-order valence-corrected chi connectivity index (χ1v) is 10.3. The minimum atomic E-state index is 0.00269. The average Bonchev–Trinajstić information content (AvgIpc) is 3.37. The molecule has 0 aromatic carbocycles. The van der Waals surface area contributed by atoms with E-state index in [4.69, 9.17) is 9.26 Å². The highest BCUT2D eigenvalue weighted by atomic mass is 32.2. The summed E-state index contributed by atoms with van der Waals surface area (Å²) in [6.07, 6.45) is 5.39. The van der Waals surface area contributed by atoms with E-state index in [0.29, 0.717) is 17.7 Å². The van der Waals surface area contributed by atoms with Gasteiger partial charge in [0.2, 0.25) is 5.91 Å². The minimum Gasteiger partial charge on any atom is -0.367 e. The zero-order valence-corrected chi connectivity index (χ0v) is 15.9. The smallest absolute Gasteiger partial charge is 0.259 e. The molecule has 8 heteroatoms. The summed E-state index contributed by atoms with van der Waals surface area (Å²) in [7, 11) is 0. The summed E-state index contributed by atoms with van der Waals surface area (Å²) >= 11 is 1.87. The molecule has 3 fully saturated rings. The Morgan fingerprint density at radius 3 is 2.85 bits per heavy atom. The first kappa shape index (κ1) is 17.9. The van der Waals surface area contributed by atoms with E-state index in [0.717, 1.165) is 51.2 Å². The van der Waals surface area contributed by atoms with E-state index in [1.165, 1.54) is 6.20 Å². The third-order valence-corrected chi connectivity index (χ3v) is 7.09. The van der Waals surface area contributed by atoms with Gasteiger partial charge in [-0.15, -0.1) is 11.8 Å². The molecule has 142 valence electrons. The summed E-state index contributed by atoms with van der Waals surface area (Å²) in [6, 6.07) is 0. The van der Waals surface area contributed by atoms with Gasteiger partial charge in [0.15, 0.2) is 0 Å². The Kier molecular flexibility index (Phi) is 4.96. The van der Waals surface area contributed by atoms with Crippen LogP contribution in [0.5, 0.6) is 0 Å². The molecule has 4 rings (SSSR count). The van der Waals surface area contributed by atoms with Gasteiger partial charge in [0.05, 0.1) is 17.0 Å². The Morgan fingerprint density at radius 1 is 1.35 bits per heavy atom. The van der Waals surface area contributed by atoms with Gasteiger partial charge in [-0.2, -0.15) is 0 Å². The predicted octanol–water partition coefficient (Wildman–Crippen LogP) is 1.58. The van der Waals surface area contributed by atoms with Crippen LogP contribution < -0.4 is 0 Å². The minimum absolute atomic E-state index is 0.00269. The maximum absolute atomic E-state index is 12.6. The van der Waals surface area contributed by atoms with E-state index in [2.05, 4.69) is 5.16 Å². The number of nitrogens with zero attached hydrogens (tertiary/aromatic N) is 3. The summed E-state index contributed by atoms with van der Waals surface area (Å²) in [5.74, 6) is 1.65. The fourth-order valence-corrected chi connectivity index (χ4v) is 5.59. The molecule has 1 atom stereocenters. The van der Waals surface area contributed by atoms with Crippen molar-refractivity contribution in [1.82, 2.24) is 15.0 Å². The largest absolute Gasteiger partial charge is 0.367 e. The van der Waals surface area contributed by atoms with Crippen LogP contribution in [0.2, 0.25) is 0 Å². The lowest BCUT2D eigenvalue weighted by Crippen LogP contribution is -2.60. The van der Waals surface area contributed by atoms with Gasteiger partial charge in [-0.25, -0.2) is 0 Å². The van der Waals surface area contributed by atoms with Crippen LogP contribution in [0.25, 0.3) is 0 Å². The molecule has 0 radical (unpaired) electrons. The predicted molar refractivity (Wildman–Crippen MR) is 97.1 cm³/mol. The number of thioether (sulfide) groups is 1. The number of likely N-dealkylation sites (tertiary alicyclic amines) is 2. The molecule has 0 N–H and O–H groups in total. The first-order valence-electron chi connectivity index (χ1n) is 9.36. The lowest BCUT2D eigenvalue weighted by molar-refractivity contribution is -0.136. The topological polar surface area (TPSA) is 75.9 Å². The molecule has 3 aliphatic heterocycles. The molecular weight excluding hydrogens is 354 g/mol. The highest BCUT2D eigenvalue weighted by Crippen LogP contribution is 2.46. The zero-order chi connectivity index (χ0) is 18.1. The quantitative estimate of drug-likeness (QED) is 0.773. The molecule has 0 saturated carbocycles. The summed E-state index contributed by atoms with van der Waals surface area (Å²) < 4.78 is 11.1. The van der Waals surface area contributed by atoms with Crippen LogP contribution in [-0.4, -0.2) is 76.2 Å². The van der Waals surface area contributed by atoms with Crippen molar-refractivity contribution in [2.45, 2.75) is 43.5 Å². The van der Waals surface area contributed by atoms with Gasteiger partial charge in [0, 0.05) is 38.4 Å². The molecule has 1 aromatic rings. The Labute approximate surface area is 157 Å². The standard InChI is InChI=1S/C18H25N3O4S/c1-2-15-14(8-19-25-15)17(23)21-11-18(12-21)7-13(10-26-18)24-9-16(22)20-5-3-4-6-20/h8,13H,2-7,9-12H2,1H3/t13-/m1/s1. The second-order valence-electron chi connectivity index (χ2n) is 7.40. The molecule has 0 unspecified atom stereocenters. The van der Waals surface area contributed by atoms with Crippen LogP contribution in [0.4, 0.5) is 0 Å². The summed E-state index contributed by atoms with van der Waals surface area (Å²) in [4.78, 5) is 28.4. The molecule has 0 aliphatic carbocycles. The van der Waals surface area contributed by atoms with Crippen molar-refractivity contribution in [3.8, 4) is 0 Å². The fraction of sp³-hybridized carbons (Fsp3) is 0.722. The Hall–Kier alpha value is -1.54. The molecule has 0 bridgehead atoms. The normalized spacial score (nSPS) is 24.3. The van der Waals surface area contributed by atoms with E-state index in [-0.39, 0.29) is 29.3 Å². The maximum atomic E-state index is 12.6. The number of aromatic nitrogens is 1. The van der Waals surface area contributed by atoms with Crippen LogP contribution in [0, 0.1) is 0 Å².